The van der Waals surface area contributed by atoms with Crippen LogP contribution in [0, 0.1) is 11.3 Å². The van der Waals surface area contributed by atoms with Gasteiger partial charge >= 0.3 is 5.97 Å². The Kier molecular flexibility index (Phi) is 5.37. The Morgan fingerprint density at radius 1 is 1.22 bits per heavy atom. The molecular weight excluding hydrogens is 286 g/mol. The van der Waals surface area contributed by atoms with Crippen molar-refractivity contribution in [3.8, 4) is 0 Å². The van der Waals surface area contributed by atoms with Gasteiger partial charge in [0, 0.05) is 19.6 Å². The predicted molar refractivity (Wildman–Crippen MR) is 92.0 cm³/mol. The summed E-state index contributed by atoms with van der Waals surface area (Å²) in [5, 5.41) is 0. The molecule has 0 radical (unpaired) electrons. The third kappa shape index (κ3) is 3.77. The van der Waals surface area contributed by atoms with Crippen LogP contribution in [0.1, 0.15) is 51.0 Å². The number of nitrogens with zero attached hydrogens (tertiary/aromatic N) is 1. The van der Waals surface area contributed by atoms with Gasteiger partial charge in [-0.25, -0.2) is 0 Å². The lowest BCUT2D eigenvalue weighted by atomic mass is 9.68. The summed E-state index contributed by atoms with van der Waals surface area (Å²) in [5.74, 6) is 0.113. The van der Waals surface area contributed by atoms with E-state index in [-0.39, 0.29) is 17.3 Å². The fourth-order valence-corrected chi connectivity index (χ4v) is 4.42. The monoisotopic (exact) mass is 315 g/mol. The quantitative estimate of drug-likeness (QED) is 0.769. The van der Waals surface area contributed by atoms with E-state index < -0.39 is 0 Å². The molecule has 1 spiro atoms. The molecule has 126 valence electrons. The molecule has 1 aromatic rings. The first kappa shape index (κ1) is 16.5. The maximum atomic E-state index is 12.6. The third-order valence-corrected chi connectivity index (χ3v) is 5.55. The zero-order valence-electron chi connectivity index (χ0n) is 14.3. The van der Waals surface area contributed by atoms with E-state index in [9.17, 15) is 4.79 Å². The largest absolute Gasteiger partial charge is 0.465 e. The highest BCUT2D eigenvalue weighted by molar-refractivity contribution is 5.74. The van der Waals surface area contributed by atoms with Crippen LogP contribution in [0.5, 0.6) is 0 Å². The third-order valence-electron chi connectivity index (χ3n) is 5.55. The summed E-state index contributed by atoms with van der Waals surface area (Å²) in [6, 6.07) is 10.6. The minimum absolute atomic E-state index is 0.0457. The molecule has 1 atom stereocenters. The van der Waals surface area contributed by atoms with Crippen molar-refractivity contribution in [3.63, 3.8) is 0 Å². The lowest BCUT2D eigenvalue weighted by molar-refractivity contribution is -0.152. The number of esters is 1. The van der Waals surface area contributed by atoms with Gasteiger partial charge < -0.3 is 4.74 Å². The Morgan fingerprint density at radius 2 is 1.96 bits per heavy atom. The molecule has 3 rings (SSSR count). The van der Waals surface area contributed by atoms with Crippen molar-refractivity contribution >= 4 is 5.97 Å². The maximum Gasteiger partial charge on any atom is 0.310 e. The number of rotatable bonds is 5. The summed E-state index contributed by atoms with van der Waals surface area (Å²) in [6.07, 6.45) is 7.11. The van der Waals surface area contributed by atoms with Crippen molar-refractivity contribution in [2.75, 3.05) is 19.7 Å². The van der Waals surface area contributed by atoms with E-state index in [0.717, 1.165) is 26.1 Å². The van der Waals surface area contributed by atoms with Crippen molar-refractivity contribution in [2.45, 2.75) is 52.0 Å². The molecule has 1 saturated heterocycles. The van der Waals surface area contributed by atoms with Gasteiger partial charge in [-0.1, -0.05) is 56.5 Å². The van der Waals surface area contributed by atoms with Gasteiger partial charge in [0.2, 0.25) is 0 Å². The van der Waals surface area contributed by atoms with Crippen LogP contribution in [0.4, 0.5) is 0 Å². The highest BCUT2D eigenvalue weighted by Crippen LogP contribution is 2.48. The smallest absolute Gasteiger partial charge is 0.310 e. The summed E-state index contributed by atoms with van der Waals surface area (Å²) in [6.45, 7) is 5.47. The normalized spacial score (nSPS) is 24.0. The van der Waals surface area contributed by atoms with Gasteiger partial charge in [-0.3, -0.25) is 9.69 Å². The van der Waals surface area contributed by atoms with Gasteiger partial charge in [0.05, 0.1) is 12.5 Å². The van der Waals surface area contributed by atoms with Gasteiger partial charge in [-0.2, -0.15) is 0 Å². The zero-order valence-corrected chi connectivity index (χ0v) is 14.3. The standard InChI is InChI=1S/C20H29NO2/c1-2-13-23-19(22)18-15-21(14-17-9-5-3-6-10-17)16-20(18)11-7-4-8-12-20/h3,5-6,9-10,18H,2,4,7-8,11-16H2,1H3. The van der Waals surface area contributed by atoms with Gasteiger partial charge in [-0.15, -0.1) is 0 Å². The van der Waals surface area contributed by atoms with Crippen molar-refractivity contribution < 1.29 is 9.53 Å². The maximum absolute atomic E-state index is 12.6. The lowest BCUT2D eigenvalue weighted by Gasteiger charge is -2.37. The Morgan fingerprint density at radius 3 is 2.65 bits per heavy atom. The Bertz CT molecular complexity index is 508. The molecule has 0 aromatic heterocycles. The predicted octanol–water partition coefficient (Wildman–Crippen LogP) is 4.02. The molecule has 0 bridgehead atoms. The van der Waals surface area contributed by atoms with E-state index in [1.807, 2.05) is 0 Å². The molecular formula is C20H29NO2. The molecule has 1 aliphatic heterocycles. The van der Waals surface area contributed by atoms with Gasteiger partial charge in [-0.05, 0) is 30.2 Å². The molecule has 23 heavy (non-hydrogen) atoms. The van der Waals surface area contributed by atoms with Gasteiger partial charge in [0.1, 0.15) is 0 Å². The molecule has 3 nitrogen and oxygen atoms in total. The summed E-state index contributed by atoms with van der Waals surface area (Å²) in [5.41, 5.74) is 1.50. The van der Waals surface area contributed by atoms with Crippen molar-refractivity contribution in [1.29, 1.82) is 0 Å². The molecule has 3 heteroatoms. The second-order valence-corrected chi connectivity index (χ2v) is 7.30. The van der Waals surface area contributed by atoms with E-state index in [1.54, 1.807) is 0 Å². The Labute approximate surface area is 140 Å². The highest BCUT2D eigenvalue weighted by atomic mass is 16.5. The van der Waals surface area contributed by atoms with Crippen molar-refractivity contribution in [1.82, 2.24) is 4.90 Å². The fraction of sp³-hybridized carbons (Fsp3) is 0.650. The Balaban J connectivity index is 1.72. The van der Waals surface area contributed by atoms with Crippen LogP contribution >= 0.6 is 0 Å². The average molecular weight is 315 g/mol. The van der Waals surface area contributed by atoms with Crippen LogP contribution in [0.3, 0.4) is 0 Å². The minimum atomic E-state index is 0.0457. The lowest BCUT2D eigenvalue weighted by Crippen LogP contribution is -2.37. The number of likely N-dealkylation sites (tertiary alicyclic amines) is 1. The molecule has 1 aliphatic carbocycles. The second kappa shape index (κ2) is 7.48. The first-order valence-electron chi connectivity index (χ1n) is 9.16. The molecule has 1 saturated carbocycles. The summed E-state index contributed by atoms with van der Waals surface area (Å²) < 4.78 is 5.54. The topological polar surface area (TPSA) is 29.5 Å². The van der Waals surface area contributed by atoms with Gasteiger partial charge in [0.15, 0.2) is 0 Å². The fourth-order valence-electron chi connectivity index (χ4n) is 4.42. The van der Waals surface area contributed by atoms with Crippen LogP contribution in [0.15, 0.2) is 30.3 Å². The van der Waals surface area contributed by atoms with Crippen LogP contribution in [0.2, 0.25) is 0 Å². The molecule has 2 fully saturated rings. The number of carbonyl (C=O) groups is 1. The van der Waals surface area contributed by atoms with E-state index >= 15 is 0 Å². The molecule has 1 heterocycles. The minimum Gasteiger partial charge on any atom is -0.465 e. The van der Waals surface area contributed by atoms with Crippen molar-refractivity contribution in [3.05, 3.63) is 35.9 Å². The second-order valence-electron chi connectivity index (χ2n) is 7.30. The number of carbonyl (C=O) groups excluding carboxylic acids is 1. The van der Waals surface area contributed by atoms with Crippen LogP contribution in [-0.2, 0) is 16.1 Å². The molecule has 1 unspecified atom stereocenters. The summed E-state index contributed by atoms with van der Waals surface area (Å²) in [4.78, 5) is 15.1. The van der Waals surface area contributed by atoms with E-state index in [4.69, 9.17) is 4.74 Å². The van der Waals surface area contributed by atoms with E-state index in [0.29, 0.717) is 6.61 Å². The summed E-state index contributed by atoms with van der Waals surface area (Å²) >= 11 is 0. The Hall–Kier alpha value is -1.35. The van der Waals surface area contributed by atoms with Gasteiger partial charge in [0.25, 0.3) is 0 Å². The number of hydrogen-bond acceptors (Lipinski definition) is 3. The molecule has 0 N–H and O–H groups in total. The van der Waals surface area contributed by atoms with Crippen LogP contribution in [-0.4, -0.2) is 30.6 Å². The van der Waals surface area contributed by atoms with Crippen molar-refractivity contribution in [2.24, 2.45) is 11.3 Å². The number of hydrogen-bond donors (Lipinski definition) is 0. The SMILES string of the molecule is CCCOC(=O)C1CN(Cc2ccccc2)CC12CCCCC2. The van der Waals surface area contributed by atoms with E-state index in [1.165, 1.54) is 37.7 Å². The number of ether oxygens (including phenoxy) is 1. The first-order valence-corrected chi connectivity index (χ1v) is 9.16. The zero-order chi connectivity index (χ0) is 16.1. The molecule has 1 aromatic carbocycles. The summed E-state index contributed by atoms with van der Waals surface area (Å²) in [7, 11) is 0. The molecule has 0 amide bonds. The van der Waals surface area contributed by atoms with Crippen LogP contribution < -0.4 is 0 Å². The molecule has 2 aliphatic rings. The van der Waals surface area contributed by atoms with E-state index in [2.05, 4.69) is 42.2 Å². The first-order chi connectivity index (χ1) is 11.2. The highest BCUT2D eigenvalue weighted by Gasteiger charge is 2.50. The average Bonchev–Trinajstić information content (AvgIpc) is 2.91. The number of benzene rings is 1. The van der Waals surface area contributed by atoms with Crippen LogP contribution in [0.25, 0.3) is 0 Å².